The molecular formula is C16H10ClNO4. The number of hydrogen-bond donors (Lipinski definition) is 0. The van der Waals surface area contributed by atoms with Gasteiger partial charge in [-0.2, -0.15) is 0 Å². The molecule has 3 rings (SSSR count). The summed E-state index contributed by atoms with van der Waals surface area (Å²) in [5.41, 5.74) is 1.86. The van der Waals surface area contributed by atoms with Gasteiger partial charge < -0.3 is 9.15 Å². The van der Waals surface area contributed by atoms with Crippen LogP contribution >= 0.6 is 11.6 Å². The van der Waals surface area contributed by atoms with Crippen LogP contribution in [0.25, 0.3) is 11.1 Å². The summed E-state index contributed by atoms with van der Waals surface area (Å²) in [6.45, 7) is -0.338. The van der Waals surface area contributed by atoms with Crippen molar-refractivity contribution >= 4 is 34.5 Å². The van der Waals surface area contributed by atoms with E-state index >= 15 is 0 Å². The van der Waals surface area contributed by atoms with E-state index in [0.717, 1.165) is 0 Å². The van der Waals surface area contributed by atoms with Crippen LogP contribution in [-0.2, 0) is 4.74 Å². The lowest BCUT2D eigenvalue weighted by Crippen LogP contribution is -2.14. The number of nitrogens with zero attached hydrogens (tertiary/aromatic N) is 1. The van der Waals surface area contributed by atoms with Gasteiger partial charge in [0.05, 0.1) is 5.56 Å². The normalized spacial score (nSPS) is 10.6. The minimum absolute atomic E-state index is 0.299. The van der Waals surface area contributed by atoms with Gasteiger partial charge in [0.1, 0.15) is 5.52 Å². The summed E-state index contributed by atoms with van der Waals surface area (Å²) in [4.78, 5) is 27.8. The fourth-order valence-corrected chi connectivity index (χ4v) is 2.04. The van der Waals surface area contributed by atoms with Gasteiger partial charge in [-0.25, -0.2) is 9.78 Å². The second-order valence-corrected chi connectivity index (χ2v) is 4.98. The van der Waals surface area contributed by atoms with E-state index in [9.17, 15) is 9.59 Å². The first-order chi connectivity index (χ1) is 10.6. The minimum atomic E-state index is -0.597. The van der Waals surface area contributed by atoms with Crippen molar-refractivity contribution in [1.82, 2.24) is 4.98 Å². The monoisotopic (exact) mass is 315 g/mol. The zero-order valence-corrected chi connectivity index (χ0v) is 12.0. The third-order valence-electron chi connectivity index (χ3n) is 3.07. The van der Waals surface area contributed by atoms with Gasteiger partial charge in [-0.3, -0.25) is 4.79 Å². The molecule has 22 heavy (non-hydrogen) atoms. The lowest BCUT2D eigenvalue weighted by Gasteiger charge is -2.04. The van der Waals surface area contributed by atoms with Gasteiger partial charge in [0.15, 0.2) is 24.4 Å². The number of esters is 1. The van der Waals surface area contributed by atoms with Gasteiger partial charge in [-0.1, -0.05) is 11.6 Å². The molecule has 0 atom stereocenters. The standard InChI is InChI=1S/C16H10ClNO4/c17-12-4-1-10(2-5-12)14(19)8-21-16(20)11-3-6-13-15(7-11)22-9-18-13/h1-7,9H,8H2. The highest BCUT2D eigenvalue weighted by Gasteiger charge is 2.13. The molecule has 5 nitrogen and oxygen atoms in total. The van der Waals surface area contributed by atoms with Gasteiger partial charge in [-0.15, -0.1) is 0 Å². The van der Waals surface area contributed by atoms with E-state index in [-0.39, 0.29) is 12.4 Å². The predicted molar refractivity (Wildman–Crippen MR) is 80.1 cm³/mol. The van der Waals surface area contributed by atoms with Crippen molar-refractivity contribution in [1.29, 1.82) is 0 Å². The number of aromatic nitrogens is 1. The Morgan fingerprint density at radius 2 is 1.82 bits per heavy atom. The molecule has 0 aliphatic heterocycles. The van der Waals surface area contributed by atoms with Crippen molar-refractivity contribution in [2.75, 3.05) is 6.61 Å². The maximum atomic E-state index is 11.9. The van der Waals surface area contributed by atoms with Crippen molar-refractivity contribution in [2.24, 2.45) is 0 Å². The lowest BCUT2D eigenvalue weighted by molar-refractivity contribution is 0.0475. The molecule has 6 heteroatoms. The molecule has 2 aromatic carbocycles. The molecule has 0 amide bonds. The molecule has 0 aliphatic carbocycles. The first kappa shape index (κ1) is 14.3. The highest BCUT2D eigenvalue weighted by Crippen LogP contribution is 2.15. The third kappa shape index (κ3) is 2.99. The number of benzene rings is 2. The number of ether oxygens (including phenoxy) is 1. The van der Waals surface area contributed by atoms with E-state index < -0.39 is 5.97 Å². The molecular weight excluding hydrogens is 306 g/mol. The van der Waals surface area contributed by atoms with Crippen molar-refractivity contribution in [3.63, 3.8) is 0 Å². The zero-order chi connectivity index (χ0) is 15.5. The van der Waals surface area contributed by atoms with E-state index in [0.29, 0.717) is 27.2 Å². The van der Waals surface area contributed by atoms with Crippen LogP contribution in [0.4, 0.5) is 0 Å². The minimum Gasteiger partial charge on any atom is -0.454 e. The first-order valence-electron chi connectivity index (χ1n) is 6.42. The molecule has 0 saturated carbocycles. The molecule has 0 unspecified atom stereocenters. The molecule has 0 fully saturated rings. The van der Waals surface area contributed by atoms with Crippen molar-refractivity contribution in [3.8, 4) is 0 Å². The SMILES string of the molecule is O=C(COC(=O)c1ccc2ncoc2c1)c1ccc(Cl)cc1. The second kappa shape index (κ2) is 5.99. The van der Waals surface area contributed by atoms with Crippen molar-refractivity contribution < 1.29 is 18.7 Å². The topological polar surface area (TPSA) is 69.4 Å². The van der Waals surface area contributed by atoms with Crippen LogP contribution < -0.4 is 0 Å². The Hall–Kier alpha value is -2.66. The Labute approximate surface area is 130 Å². The summed E-state index contributed by atoms with van der Waals surface area (Å²) in [6.07, 6.45) is 1.30. The highest BCUT2D eigenvalue weighted by atomic mass is 35.5. The molecule has 0 spiro atoms. The van der Waals surface area contributed by atoms with E-state index in [1.54, 1.807) is 36.4 Å². The van der Waals surface area contributed by atoms with Crippen LogP contribution in [-0.4, -0.2) is 23.3 Å². The van der Waals surface area contributed by atoms with E-state index in [4.69, 9.17) is 20.8 Å². The molecule has 0 N–H and O–H groups in total. The quantitative estimate of drug-likeness (QED) is 0.544. The number of halogens is 1. The number of carbonyl (C=O) groups excluding carboxylic acids is 2. The number of oxazole rings is 1. The van der Waals surface area contributed by atoms with E-state index in [1.165, 1.54) is 12.5 Å². The number of fused-ring (bicyclic) bond motifs is 1. The number of hydrogen-bond acceptors (Lipinski definition) is 5. The molecule has 0 bridgehead atoms. The second-order valence-electron chi connectivity index (χ2n) is 4.54. The maximum absolute atomic E-state index is 11.9. The number of Topliss-reactive ketones (excluding diaryl/α,β-unsaturated/α-hetero) is 1. The van der Waals surface area contributed by atoms with Crippen LogP contribution in [0.15, 0.2) is 53.3 Å². The summed E-state index contributed by atoms with van der Waals surface area (Å²) >= 11 is 5.75. The van der Waals surface area contributed by atoms with Crippen LogP contribution in [0.3, 0.4) is 0 Å². The Balaban J connectivity index is 1.66. The van der Waals surface area contributed by atoms with Crippen molar-refractivity contribution in [3.05, 3.63) is 65.0 Å². The highest BCUT2D eigenvalue weighted by molar-refractivity contribution is 6.30. The molecule has 0 aliphatic rings. The van der Waals surface area contributed by atoms with E-state index in [2.05, 4.69) is 4.98 Å². The molecule has 1 aromatic heterocycles. The Bertz CT molecular complexity index is 839. The third-order valence-corrected chi connectivity index (χ3v) is 3.32. The summed E-state index contributed by atoms with van der Waals surface area (Å²) in [5.74, 6) is -0.897. The summed E-state index contributed by atoms with van der Waals surface area (Å²) in [5, 5.41) is 0.536. The smallest absolute Gasteiger partial charge is 0.338 e. The fraction of sp³-hybridized carbons (Fsp3) is 0.0625. The molecule has 1 heterocycles. The predicted octanol–water partition coefficient (Wildman–Crippen LogP) is 3.52. The summed E-state index contributed by atoms with van der Waals surface area (Å²) in [6, 6.07) is 11.1. The van der Waals surface area contributed by atoms with Gasteiger partial charge in [0, 0.05) is 10.6 Å². The molecule has 110 valence electrons. The van der Waals surface area contributed by atoms with Crippen LogP contribution in [0, 0.1) is 0 Å². The molecule has 0 radical (unpaired) electrons. The number of rotatable bonds is 4. The van der Waals surface area contributed by atoms with Gasteiger partial charge in [0.2, 0.25) is 0 Å². The summed E-state index contributed by atoms with van der Waals surface area (Å²) < 4.78 is 10.1. The summed E-state index contributed by atoms with van der Waals surface area (Å²) in [7, 11) is 0. The maximum Gasteiger partial charge on any atom is 0.338 e. The lowest BCUT2D eigenvalue weighted by atomic mass is 10.1. The molecule has 3 aromatic rings. The van der Waals surface area contributed by atoms with Crippen molar-refractivity contribution in [2.45, 2.75) is 0 Å². The van der Waals surface area contributed by atoms with Gasteiger partial charge >= 0.3 is 5.97 Å². The van der Waals surface area contributed by atoms with Crippen LogP contribution in [0.5, 0.6) is 0 Å². The average Bonchev–Trinajstić information content (AvgIpc) is 3.00. The first-order valence-corrected chi connectivity index (χ1v) is 6.80. The van der Waals surface area contributed by atoms with Crippen LogP contribution in [0.1, 0.15) is 20.7 Å². The van der Waals surface area contributed by atoms with Gasteiger partial charge in [-0.05, 0) is 42.5 Å². The molecule has 0 saturated heterocycles. The Morgan fingerprint density at radius 3 is 2.59 bits per heavy atom. The van der Waals surface area contributed by atoms with Gasteiger partial charge in [0.25, 0.3) is 0 Å². The number of carbonyl (C=O) groups is 2. The average molecular weight is 316 g/mol. The van der Waals surface area contributed by atoms with Crippen LogP contribution in [0.2, 0.25) is 5.02 Å². The fourth-order valence-electron chi connectivity index (χ4n) is 1.92. The largest absolute Gasteiger partial charge is 0.454 e. The van der Waals surface area contributed by atoms with E-state index in [1.807, 2.05) is 0 Å². The Morgan fingerprint density at radius 1 is 1.09 bits per heavy atom. The number of ketones is 1. The Kier molecular flexibility index (Phi) is 3.89. The zero-order valence-electron chi connectivity index (χ0n) is 11.3.